The number of carboxylic acid groups (broad SMARTS) is 1. The fraction of sp³-hybridized carbons (Fsp3) is 0.333. The molecule has 4 aromatic rings. The second kappa shape index (κ2) is 13.9. The van der Waals surface area contributed by atoms with Gasteiger partial charge in [-0.3, -0.25) is 14.2 Å². The van der Waals surface area contributed by atoms with Gasteiger partial charge in [0.2, 0.25) is 0 Å². The van der Waals surface area contributed by atoms with Crippen LogP contribution >= 0.6 is 11.6 Å². The maximum atomic E-state index is 13.0. The van der Waals surface area contributed by atoms with Gasteiger partial charge in [0.1, 0.15) is 11.5 Å². The summed E-state index contributed by atoms with van der Waals surface area (Å²) in [7, 11) is 5.53. The van der Waals surface area contributed by atoms with Crippen LogP contribution in [0.25, 0.3) is 10.9 Å². The first-order valence-corrected chi connectivity index (χ1v) is 14.1. The van der Waals surface area contributed by atoms with Crippen LogP contribution in [0.15, 0.2) is 66.7 Å². The van der Waals surface area contributed by atoms with Crippen LogP contribution in [0.1, 0.15) is 47.4 Å². The number of aliphatic carboxylic acids is 1. The van der Waals surface area contributed by atoms with Crippen molar-refractivity contribution in [2.24, 2.45) is 5.92 Å². The molecule has 0 fully saturated rings. The van der Waals surface area contributed by atoms with Crippen molar-refractivity contribution in [3.05, 3.63) is 94.1 Å². The number of aromatic nitrogens is 1. The van der Waals surface area contributed by atoms with Gasteiger partial charge in [-0.2, -0.15) is 0 Å². The summed E-state index contributed by atoms with van der Waals surface area (Å²) in [5.41, 5.74) is 2.23. The third kappa shape index (κ3) is 7.31. The molecule has 0 saturated carbocycles. The lowest BCUT2D eigenvalue weighted by Crippen LogP contribution is -2.38. The topological polar surface area (TPSA) is 112 Å². The first kappa shape index (κ1) is 32.7. The molecule has 0 aliphatic rings. The van der Waals surface area contributed by atoms with E-state index in [4.69, 9.17) is 16.3 Å². The number of fused-ring (bicyclic) bond motifs is 1. The minimum atomic E-state index is -0.955. The van der Waals surface area contributed by atoms with Gasteiger partial charge in [0, 0.05) is 34.1 Å². The molecule has 224 valence electrons. The SMILES string of the molecule is CC[C@](O)(c1cccc(O)c1)[C@H](C)CN(C)C.COc1ccc2c(c1)c(CC(=O)O)c(C)n2C(=O)c1ccc(Cl)cc1. The van der Waals surface area contributed by atoms with E-state index in [2.05, 4.69) is 4.90 Å². The van der Waals surface area contributed by atoms with Gasteiger partial charge in [0.15, 0.2) is 0 Å². The van der Waals surface area contributed by atoms with Gasteiger partial charge < -0.3 is 25.0 Å². The molecular weight excluding hydrogens is 556 g/mol. The molecule has 9 heteroatoms. The first-order valence-electron chi connectivity index (χ1n) is 13.7. The summed E-state index contributed by atoms with van der Waals surface area (Å²) in [4.78, 5) is 26.3. The number of halogens is 1. The first-order chi connectivity index (χ1) is 19.8. The fourth-order valence-electron chi connectivity index (χ4n) is 5.26. The molecular formula is C33H39ClN2O6. The van der Waals surface area contributed by atoms with Crippen molar-refractivity contribution in [2.45, 2.75) is 39.2 Å². The van der Waals surface area contributed by atoms with Gasteiger partial charge in [-0.05, 0) is 93.2 Å². The number of nitrogens with zero attached hydrogens (tertiary/aromatic N) is 2. The van der Waals surface area contributed by atoms with Crippen molar-refractivity contribution in [3.8, 4) is 11.5 Å². The molecule has 0 spiro atoms. The number of rotatable bonds is 9. The molecule has 8 nitrogen and oxygen atoms in total. The molecule has 0 saturated heterocycles. The highest BCUT2D eigenvalue weighted by atomic mass is 35.5. The van der Waals surface area contributed by atoms with Crippen LogP contribution < -0.4 is 4.74 Å². The maximum Gasteiger partial charge on any atom is 0.307 e. The van der Waals surface area contributed by atoms with Gasteiger partial charge in [0.05, 0.1) is 24.6 Å². The molecule has 2 atom stereocenters. The van der Waals surface area contributed by atoms with Crippen molar-refractivity contribution >= 4 is 34.4 Å². The predicted octanol–water partition coefficient (Wildman–Crippen LogP) is 6.11. The molecule has 42 heavy (non-hydrogen) atoms. The van der Waals surface area contributed by atoms with Crippen LogP contribution in [0.3, 0.4) is 0 Å². The Bertz CT molecular complexity index is 1550. The van der Waals surface area contributed by atoms with Crippen molar-refractivity contribution in [1.29, 1.82) is 0 Å². The number of carboxylic acids is 1. The molecule has 1 aromatic heterocycles. The average molecular weight is 595 g/mol. The smallest absolute Gasteiger partial charge is 0.307 e. The molecule has 0 amide bonds. The molecule has 3 aromatic carbocycles. The van der Waals surface area contributed by atoms with Crippen LogP contribution in [-0.2, 0) is 16.8 Å². The Labute approximate surface area is 251 Å². The van der Waals surface area contributed by atoms with E-state index in [1.165, 1.54) is 4.57 Å². The Kier molecular flexibility index (Phi) is 10.8. The summed E-state index contributed by atoms with van der Waals surface area (Å²) in [6.07, 6.45) is 0.460. The van der Waals surface area contributed by atoms with E-state index in [1.807, 2.05) is 34.0 Å². The second-order valence-corrected chi connectivity index (χ2v) is 11.1. The summed E-state index contributed by atoms with van der Waals surface area (Å²) in [6.45, 7) is 6.56. The highest BCUT2D eigenvalue weighted by molar-refractivity contribution is 6.30. The van der Waals surface area contributed by atoms with Crippen molar-refractivity contribution in [2.75, 3.05) is 27.7 Å². The van der Waals surface area contributed by atoms with E-state index in [9.17, 15) is 24.9 Å². The normalized spacial score (nSPS) is 13.3. The number of benzene rings is 3. The lowest BCUT2D eigenvalue weighted by Gasteiger charge is -2.35. The highest BCUT2D eigenvalue weighted by Gasteiger charge is 2.34. The van der Waals surface area contributed by atoms with Crippen LogP contribution in [0.5, 0.6) is 11.5 Å². The number of hydrogen-bond donors (Lipinski definition) is 3. The Hall–Kier alpha value is -3.85. The standard InChI is InChI=1S/C19H16ClNO4.C14H23NO2/c1-11-15(10-18(22)23)16-9-14(25-2)7-8-17(16)21(11)19(24)12-3-5-13(20)6-4-12;1-5-14(17,11(2)10-15(3)4)12-7-6-8-13(16)9-12/h3-9H,10H2,1-2H3,(H,22,23);6-9,11,16-17H,5,10H2,1-4H3/t;11-,14-/m.1/s1. The van der Waals surface area contributed by atoms with Crippen molar-refractivity contribution in [1.82, 2.24) is 9.47 Å². The number of hydrogen-bond acceptors (Lipinski definition) is 6. The molecule has 1 heterocycles. The summed E-state index contributed by atoms with van der Waals surface area (Å²) < 4.78 is 6.77. The Balaban J connectivity index is 0.000000250. The summed E-state index contributed by atoms with van der Waals surface area (Å²) in [5, 5.41) is 30.8. The molecule has 0 radical (unpaired) electrons. The summed E-state index contributed by atoms with van der Waals surface area (Å²) in [5.74, 6) is -0.282. The predicted molar refractivity (Wildman–Crippen MR) is 166 cm³/mol. The average Bonchev–Trinajstić information content (AvgIpc) is 3.22. The Morgan fingerprint density at radius 1 is 1.07 bits per heavy atom. The summed E-state index contributed by atoms with van der Waals surface area (Å²) >= 11 is 5.89. The lowest BCUT2D eigenvalue weighted by atomic mass is 9.80. The van der Waals surface area contributed by atoms with Gasteiger partial charge >= 0.3 is 5.97 Å². The van der Waals surface area contributed by atoms with E-state index >= 15 is 0 Å². The van der Waals surface area contributed by atoms with E-state index < -0.39 is 11.6 Å². The zero-order chi connectivity index (χ0) is 31.2. The van der Waals surface area contributed by atoms with E-state index in [0.29, 0.717) is 44.9 Å². The van der Waals surface area contributed by atoms with E-state index in [-0.39, 0.29) is 24.0 Å². The third-order valence-corrected chi connectivity index (χ3v) is 7.76. The fourth-order valence-corrected chi connectivity index (χ4v) is 5.38. The third-order valence-electron chi connectivity index (χ3n) is 7.50. The van der Waals surface area contributed by atoms with Crippen LogP contribution in [-0.4, -0.2) is 64.4 Å². The molecule has 0 bridgehead atoms. The zero-order valence-electron chi connectivity index (χ0n) is 24.9. The van der Waals surface area contributed by atoms with Gasteiger partial charge in [-0.1, -0.05) is 37.6 Å². The van der Waals surface area contributed by atoms with E-state index in [0.717, 1.165) is 12.1 Å². The number of aromatic hydroxyl groups is 1. The summed E-state index contributed by atoms with van der Waals surface area (Å²) in [6, 6.07) is 18.8. The van der Waals surface area contributed by atoms with Crippen LogP contribution in [0.4, 0.5) is 0 Å². The molecule has 0 aliphatic carbocycles. The van der Waals surface area contributed by atoms with Crippen LogP contribution in [0.2, 0.25) is 5.02 Å². The van der Waals surface area contributed by atoms with E-state index in [1.54, 1.807) is 74.7 Å². The number of phenolic OH excluding ortho intramolecular Hbond substituents is 1. The second-order valence-electron chi connectivity index (χ2n) is 10.7. The minimum absolute atomic E-state index is 0.101. The number of carbonyl (C=O) groups excluding carboxylic acids is 1. The minimum Gasteiger partial charge on any atom is -0.508 e. The highest BCUT2D eigenvalue weighted by Crippen LogP contribution is 2.35. The van der Waals surface area contributed by atoms with Crippen molar-refractivity contribution in [3.63, 3.8) is 0 Å². The Morgan fingerprint density at radius 3 is 2.29 bits per heavy atom. The van der Waals surface area contributed by atoms with Gasteiger partial charge in [-0.25, -0.2) is 0 Å². The number of carbonyl (C=O) groups is 2. The van der Waals surface area contributed by atoms with Gasteiger partial charge in [-0.15, -0.1) is 0 Å². The largest absolute Gasteiger partial charge is 0.508 e. The molecule has 3 N–H and O–H groups in total. The molecule has 4 rings (SSSR count). The number of phenols is 1. The Morgan fingerprint density at radius 2 is 1.74 bits per heavy atom. The zero-order valence-corrected chi connectivity index (χ0v) is 25.6. The van der Waals surface area contributed by atoms with Crippen molar-refractivity contribution < 1.29 is 29.6 Å². The van der Waals surface area contributed by atoms with Gasteiger partial charge in [0.25, 0.3) is 5.91 Å². The number of methoxy groups -OCH3 is 1. The number of aliphatic hydroxyl groups is 1. The van der Waals surface area contributed by atoms with Crippen LogP contribution in [0, 0.1) is 12.8 Å². The number of ether oxygens (including phenoxy) is 1. The lowest BCUT2D eigenvalue weighted by molar-refractivity contribution is -0.136. The maximum absolute atomic E-state index is 13.0. The quantitative estimate of drug-likeness (QED) is 0.214. The molecule has 0 unspecified atom stereocenters. The monoisotopic (exact) mass is 594 g/mol. The molecule has 0 aliphatic heterocycles.